The Morgan fingerprint density at radius 2 is 2.19 bits per heavy atom. The number of aromatic nitrogens is 2. The zero-order valence-corrected chi connectivity index (χ0v) is 20.1. The first-order chi connectivity index (χ1) is 14.7. The van der Waals surface area contributed by atoms with Crippen molar-refractivity contribution in [2.75, 3.05) is 32.6 Å². The highest BCUT2D eigenvalue weighted by Crippen LogP contribution is 2.42. The van der Waals surface area contributed by atoms with E-state index in [-0.39, 0.29) is 18.3 Å². The number of carbonyl (C=O) groups excluding carboxylic acids is 2. The summed E-state index contributed by atoms with van der Waals surface area (Å²) >= 11 is 2.23. The van der Waals surface area contributed by atoms with Crippen molar-refractivity contribution in [3.63, 3.8) is 0 Å². The Hall–Kier alpha value is -2.40. The Bertz CT molecular complexity index is 1170. The summed E-state index contributed by atoms with van der Waals surface area (Å²) in [6.45, 7) is 4.72. The lowest BCUT2D eigenvalue weighted by molar-refractivity contribution is -0.147. The first-order valence-electron chi connectivity index (χ1n) is 10.1. The average Bonchev–Trinajstić information content (AvgIpc) is 3.19. The Kier molecular flexibility index (Phi) is 5.82. The minimum Gasteiger partial charge on any atom is -0.489 e. The van der Waals surface area contributed by atoms with Gasteiger partial charge in [-0.3, -0.25) is 14.6 Å². The molecule has 2 aromatic heterocycles. The molecular weight excluding hydrogens is 511 g/mol. The van der Waals surface area contributed by atoms with Crippen LogP contribution in [-0.4, -0.2) is 59.6 Å². The molecule has 9 heteroatoms. The molecule has 0 aliphatic carbocycles. The number of hydrogen-bond acceptors (Lipinski definition) is 6. The largest absolute Gasteiger partial charge is 0.489 e. The van der Waals surface area contributed by atoms with Gasteiger partial charge in [0, 0.05) is 23.5 Å². The van der Waals surface area contributed by atoms with Crippen molar-refractivity contribution in [2.45, 2.75) is 25.9 Å². The van der Waals surface area contributed by atoms with Crippen LogP contribution >= 0.6 is 22.6 Å². The molecule has 0 bridgehead atoms. The molecule has 3 heterocycles. The smallest absolute Gasteiger partial charge is 0.307 e. The number of nitrogens with zero attached hydrogens (tertiary/aromatic N) is 2. The predicted octanol–water partition coefficient (Wildman–Crippen LogP) is 3.54. The fourth-order valence-corrected chi connectivity index (χ4v) is 4.60. The highest BCUT2D eigenvalue weighted by molar-refractivity contribution is 14.1. The van der Waals surface area contributed by atoms with Gasteiger partial charge >= 0.3 is 5.97 Å². The molecule has 1 fully saturated rings. The predicted molar refractivity (Wildman–Crippen MR) is 127 cm³/mol. The highest BCUT2D eigenvalue weighted by atomic mass is 127. The van der Waals surface area contributed by atoms with E-state index < -0.39 is 11.5 Å². The van der Waals surface area contributed by atoms with Crippen LogP contribution in [0.25, 0.3) is 21.8 Å². The zero-order valence-electron chi connectivity index (χ0n) is 17.9. The summed E-state index contributed by atoms with van der Waals surface area (Å²) in [6, 6.07) is 3.98. The maximum absolute atomic E-state index is 13.2. The lowest BCUT2D eigenvalue weighted by Crippen LogP contribution is -2.36. The maximum atomic E-state index is 13.2. The molecule has 31 heavy (non-hydrogen) atoms. The number of carbonyl (C=O) groups is 2. The number of rotatable bonds is 6. The van der Waals surface area contributed by atoms with Crippen LogP contribution < -0.4 is 10.1 Å². The molecule has 1 atom stereocenters. The molecule has 1 aliphatic heterocycles. The first-order valence-corrected chi connectivity index (χ1v) is 11.1. The van der Waals surface area contributed by atoms with Crippen molar-refractivity contribution in [3.8, 4) is 5.75 Å². The number of likely N-dealkylation sites (N-methyl/N-ethyl adjacent to an activating group) is 1. The molecule has 164 valence electrons. The van der Waals surface area contributed by atoms with E-state index in [1.54, 1.807) is 26.2 Å². The number of halogens is 1. The van der Waals surface area contributed by atoms with Crippen molar-refractivity contribution in [2.24, 2.45) is 5.92 Å². The van der Waals surface area contributed by atoms with E-state index in [9.17, 15) is 9.59 Å². The first kappa shape index (κ1) is 21.8. The Morgan fingerprint density at radius 1 is 1.42 bits per heavy atom. The van der Waals surface area contributed by atoms with E-state index in [4.69, 9.17) is 9.47 Å². The number of ether oxygens (including phenoxy) is 2. The van der Waals surface area contributed by atoms with Gasteiger partial charge in [0.1, 0.15) is 17.9 Å². The van der Waals surface area contributed by atoms with E-state index in [2.05, 4.69) is 37.9 Å². The van der Waals surface area contributed by atoms with Crippen molar-refractivity contribution < 1.29 is 19.1 Å². The minimum absolute atomic E-state index is 0.0549. The number of esters is 1. The molecule has 1 aromatic carbocycles. The van der Waals surface area contributed by atoms with Crippen LogP contribution in [0.4, 0.5) is 5.69 Å². The summed E-state index contributed by atoms with van der Waals surface area (Å²) in [5, 5.41) is 5.03. The summed E-state index contributed by atoms with van der Waals surface area (Å²) in [5.41, 5.74) is 1.34. The third kappa shape index (κ3) is 4.20. The van der Waals surface area contributed by atoms with Crippen molar-refractivity contribution >= 4 is 62.0 Å². The van der Waals surface area contributed by atoms with E-state index >= 15 is 0 Å². The molecule has 0 saturated carbocycles. The fraction of sp³-hybridized carbons (Fsp3) is 0.409. The number of hydrogen-bond donors (Lipinski definition) is 2. The van der Waals surface area contributed by atoms with Gasteiger partial charge in [-0.05, 0) is 62.7 Å². The number of cyclic esters (lactones) is 1. The van der Waals surface area contributed by atoms with Crippen LogP contribution in [0.2, 0.25) is 0 Å². The average molecular weight is 536 g/mol. The van der Waals surface area contributed by atoms with Gasteiger partial charge in [0.15, 0.2) is 5.75 Å². The summed E-state index contributed by atoms with van der Waals surface area (Å²) in [5.74, 6) is -0.620. The molecule has 0 radical (unpaired) electrons. The molecule has 1 aliphatic rings. The second kappa shape index (κ2) is 8.27. The minimum atomic E-state index is -0.863. The zero-order chi connectivity index (χ0) is 22.3. The lowest BCUT2D eigenvalue weighted by atomic mass is 9.90. The fourth-order valence-electron chi connectivity index (χ4n) is 3.87. The number of aromatic amines is 1. The summed E-state index contributed by atoms with van der Waals surface area (Å²) in [7, 11) is 3.95. The Labute approximate surface area is 193 Å². The van der Waals surface area contributed by atoms with Gasteiger partial charge in [0.25, 0.3) is 0 Å². The van der Waals surface area contributed by atoms with Crippen LogP contribution in [0.1, 0.15) is 20.3 Å². The van der Waals surface area contributed by atoms with Crippen LogP contribution in [0, 0.1) is 9.49 Å². The van der Waals surface area contributed by atoms with Crippen molar-refractivity contribution in [1.29, 1.82) is 0 Å². The van der Waals surface area contributed by atoms with Gasteiger partial charge in [-0.25, -0.2) is 0 Å². The molecule has 1 amide bonds. The van der Waals surface area contributed by atoms with Crippen LogP contribution in [0.15, 0.2) is 24.5 Å². The SMILES string of the molecule is CN(C)CCOc1c(I)cc2c([nH]c3cnccc32)c1NC(=O)[C@@H]1CC(=O)OC1(C)C. The third-order valence-corrected chi connectivity index (χ3v) is 6.34. The topological polar surface area (TPSA) is 96.5 Å². The molecule has 2 N–H and O–H groups in total. The normalized spacial score (nSPS) is 18.0. The van der Waals surface area contributed by atoms with Crippen molar-refractivity contribution in [1.82, 2.24) is 14.9 Å². The monoisotopic (exact) mass is 536 g/mol. The Morgan fingerprint density at radius 3 is 2.87 bits per heavy atom. The summed E-state index contributed by atoms with van der Waals surface area (Å²) < 4.78 is 12.4. The van der Waals surface area contributed by atoms with E-state index in [0.29, 0.717) is 18.0 Å². The molecule has 0 unspecified atom stereocenters. The van der Waals surface area contributed by atoms with E-state index in [1.807, 2.05) is 31.1 Å². The van der Waals surface area contributed by atoms with Crippen LogP contribution in [-0.2, 0) is 14.3 Å². The number of benzene rings is 1. The molecule has 3 aromatic rings. The summed E-state index contributed by atoms with van der Waals surface area (Å²) in [4.78, 5) is 34.7. The van der Waals surface area contributed by atoms with Gasteiger partial charge in [0.05, 0.1) is 33.1 Å². The third-order valence-electron chi connectivity index (χ3n) is 5.54. The van der Waals surface area contributed by atoms with Gasteiger partial charge in [-0.15, -0.1) is 0 Å². The van der Waals surface area contributed by atoms with Gasteiger partial charge < -0.3 is 24.7 Å². The van der Waals surface area contributed by atoms with Gasteiger partial charge in [-0.1, -0.05) is 0 Å². The van der Waals surface area contributed by atoms with E-state index in [1.165, 1.54) is 0 Å². The standard InChI is InChI=1S/C22H25IN4O4/c1-22(2)14(10-17(28)31-22)21(29)26-19-18-13(12-5-6-24-11-16(12)25-18)9-15(23)20(19)30-8-7-27(3)4/h5-6,9,11,14,25H,7-8,10H2,1-4H3,(H,26,29)/t14-/m0/s1. The number of anilines is 1. The molecule has 1 saturated heterocycles. The van der Waals surface area contributed by atoms with Crippen LogP contribution in [0.5, 0.6) is 5.75 Å². The quantitative estimate of drug-likeness (QED) is 0.370. The van der Waals surface area contributed by atoms with Crippen LogP contribution in [0.3, 0.4) is 0 Å². The molecule has 4 rings (SSSR count). The van der Waals surface area contributed by atoms with Crippen molar-refractivity contribution in [3.05, 3.63) is 28.1 Å². The second-order valence-electron chi connectivity index (χ2n) is 8.51. The van der Waals surface area contributed by atoms with E-state index in [0.717, 1.165) is 31.9 Å². The Balaban J connectivity index is 1.79. The maximum Gasteiger partial charge on any atom is 0.307 e. The number of pyridine rings is 1. The lowest BCUT2D eigenvalue weighted by Gasteiger charge is -2.24. The summed E-state index contributed by atoms with van der Waals surface area (Å²) in [6.07, 6.45) is 3.55. The molecule has 8 nitrogen and oxygen atoms in total. The number of fused-ring (bicyclic) bond motifs is 3. The number of nitrogens with one attached hydrogen (secondary N) is 2. The number of amides is 1. The molecular formula is C22H25IN4O4. The molecule has 0 spiro atoms. The second-order valence-corrected chi connectivity index (χ2v) is 9.67. The van der Waals surface area contributed by atoms with Gasteiger partial charge in [0.2, 0.25) is 5.91 Å². The highest BCUT2D eigenvalue weighted by Gasteiger charge is 2.46. The number of H-pyrrole nitrogens is 1. The van der Waals surface area contributed by atoms with Gasteiger partial charge in [-0.2, -0.15) is 0 Å².